The molecule has 7 heteroatoms. The molecule has 0 aliphatic carbocycles. The largest absolute Gasteiger partial charge is 0.322 e. The number of carbonyl (C=O) groups is 1. The fourth-order valence-corrected chi connectivity index (χ4v) is 3.56. The van der Waals surface area contributed by atoms with Crippen LogP contribution in [0, 0.1) is 6.92 Å². The van der Waals surface area contributed by atoms with Gasteiger partial charge >= 0.3 is 0 Å². The summed E-state index contributed by atoms with van der Waals surface area (Å²) in [6.45, 7) is 2.00. The van der Waals surface area contributed by atoms with Gasteiger partial charge in [-0.2, -0.15) is 0 Å². The van der Waals surface area contributed by atoms with E-state index in [4.69, 9.17) is 0 Å². The topological polar surface area (TPSA) is 66.5 Å². The Hall–Kier alpha value is -1.96. The van der Waals surface area contributed by atoms with E-state index in [9.17, 15) is 13.2 Å². The summed E-state index contributed by atoms with van der Waals surface area (Å²) in [6, 6.07) is 10.1. The Kier molecular flexibility index (Phi) is 5.35. The Balaban J connectivity index is 2.11. The van der Waals surface area contributed by atoms with Crippen molar-refractivity contribution in [3.05, 3.63) is 52.2 Å². The second-order valence-corrected chi connectivity index (χ2v) is 8.56. The smallest absolute Gasteiger partial charge is 0.248 e. The van der Waals surface area contributed by atoms with Crippen molar-refractivity contribution in [3.8, 4) is 0 Å². The molecule has 0 atom stereocenters. The highest BCUT2D eigenvalue weighted by Crippen LogP contribution is 2.19. The van der Waals surface area contributed by atoms with Crippen LogP contribution in [-0.2, 0) is 14.8 Å². The van der Waals surface area contributed by atoms with E-state index in [1.54, 1.807) is 29.5 Å². The average molecular weight is 350 g/mol. The Morgan fingerprint density at radius 2 is 1.96 bits per heavy atom. The molecule has 1 heterocycles. The molecule has 0 aliphatic heterocycles. The number of rotatable bonds is 5. The lowest BCUT2D eigenvalue weighted by Crippen LogP contribution is -2.22. The summed E-state index contributed by atoms with van der Waals surface area (Å²) in [5.74, 6) is -0.310. The van der Waals surface area contributed by atoms with E-state index < -0.39 is 10.0 Å². The number of hydrogen-bond donors (Lipinski definition) is 1. The highest BCUT2D eigenvalue weighted by Gasteiger charge is 2.17. The highest BCUT2D eigenvalue weighted by molar-refractivity contribution is 7.89. The third-order valence-electron chi connectivity index (χ3n) is 3.04. The standard InChI is InChI=1S/C16H18N2O3S2/c1-12-7-8-14(22-12)9-10-16(19)17-13-5-4-6-15(11-13)23(20,21)18(2)3/h4-11H,1-3H3,(H,17,19)/b10-9+. The lowest BCUT2D eigenvalue weighted by atomic mass is 10.3. The number of aryl methyl sites for hydroxylation is 1. The van der Waals surface area contributed by atoms with Crippen molar-refractivity contribution in [2.24, 2.45) is 0 Å². The van der Waals surface area contributed by atoms with Crippen LogP contribution in [0.15, 0.2) is 47.4 Å². The first-order chi connectivity index (χ1) is 10.8. The predicted molar refractivity (Wildman–Crippen MR) is 94.0 cm³/mol. The van der Waals surface area contributed by atoms with Gasteiger partial charge in [0.05, 0.1) is 4.90 Å². The normalized spacial score (nSPS) is 12.0. The molecule has 1 amide bonds. The molecular weight excluding hydrogens is 332 g/mol. The number of nitrogens with zero attached hydrogens (tertiary/aromatic N) is 1. The molecular formula is C16H18N2O3S2. The molecule has 23 heavy (non-hydrogen) atoms. The number of nitrogens with one attached hydrogen (secondary N) is 1. The summed E-state index contributed by atoms with van der Waals surface area (Å²) < 4.78 is 25.3. The maximum atomic E-state index is 12.1. The zero-order valence-corrected chi connectivity index (χ0v) is 14.7. The minimum Gasteiger partial charge on any atom is -0.322 e. The minimum absolute atomic E-state index is 0.137. The van der Waals surface area contributed by atoms with Gasteiger partial charge in [-0.25, -0.2) is 12.7 Å². The van der Waals surface area contributed by atoms with E-state index in [0.29, 0.717) is 5.69 Å². The van der Waals surface area contributed by atoms with Crippen LogP contribution >= 0.6 is 11.3 Å². The van der Waals surface area contributed by atoms with Crippen molar-refractivity contribution >= 4 is 39.0 Å². The second kappa shape index (κ2) is 7.08. The van der Waals surface area contributed by atoms with E-state index >= 15 is 0 Å². The van der Waals surface area contributed by atoms with Crippen LogP contribution in [0.4, 0.5) is 5.69 Å². The maximum Gasteiger partial charge on any atom is 0.248 e. The van der Waals surface area contributed by atoms with Gasteiger partial charge in [0, 0.05) is 35.6 Å². The monoisotopic (exact) mass is 350 g/mol. The zero-order chi connectivity index (χ0) is 17.0. The molecule has 0 unspecified atom stereocenters. The first kappa shape index (κ1) is 17.4. The van der Waals surface area contributed by atoms with Crippen molar-refractivity contribution in [1.29, 1.82) is 0 Å². The molecule has 2 rings (SSSR count). The Bertz CT molecular complexity index is 837. The van der Waals surface area contributed by atoms with E-state index in [2.05, 4.69) is 5.32 Å². The molecule has 1 aromatic heterocycles. The number of thiophene rings is 1. The van der Waals surface area contributed by atoms with E-state index in [1.807, 2.05) is 19.1 Å². The number of benzene rings is 1. The first-order valence-electron chi connectivity index (χ1n) is 6.87. The van der Waals surface area contributed by atoms with Crippen LogP contribution in [-0.4, -0.2) is 32.7 Å². The lowest BCUT2D eigenvalue weighted by molar-refractivity contribution is -0.111. The summed E-state index contributed by atoms with van der Waals surface area (Å²) in [6.07, 6.45) is 3.16. The van der Waals surface area contributed by atoms with Crippen LogP contribution in [0.3, 0.4) is 0 Å². The highest BCUT2D eigenvalue weighted by atomic mass is 32.2. The SMILES string of the molecule is Cc1ccc(/C=C/C(=O)Nc2cccc(S(=O)(=O)N(C)C)c2)s1. The van der Waals surface area contributed by atoms with Crippen molar-refractivity contribution in [1.82, 2.24) is 4.31 Å². The van der Waals surface area contributed by atoms with E-state index in [1.165, 1.54) is 37.2 Å². The summed E-state index contributed by atoms with van der Waals surface area (Å²) in [4.78, 5) is 14.2. The van der Waals surface area contributed by atoms with Gasteiger partial charge in [-0.1, -0.05) is 6.07 Å². The molecule has 0 aliphatic rings. The zero-order valence-electron chi connectivity index (χ0n) is 13.1. The molecule has 0 saturated heterocycles. The van der Waals surface area contributed by atoms with Crippen LogP contribution in [0.1, 0.15) is 9.75 Å². The Morgan fingerprint density at radius 3 is 2.57 bits per heavy atom. The molecule has 1 N–H and O–H groups in total. The summed E-state index contributed by atoms with van der Waals surface area (Å²) in [5.41, 5.74) is 0.435. The molecule has 0 bridgehead atoms. The quantitative estimate of drug-likeness (QED) is 0.843. The van der Waals surface area contributed by atoms with Gasteiger partial charge in [-0.05, 0) is 43.3 Å². The lowest BCUT2D eigenvalue weighted by Gasteiger charge is -2.12. The van der Waals surface area contributed by atoms with Crippen LogP contribution < -0.4 is 5.32 Å². The first-order valence-corrected chi connectivity index (χ1v) is 9.13. The minimum atomic E-state index is -3.52. The van der Waals surface area contributed by atoms with Gasteiger partial charge in [-0.3, -0.25) is 4.79 Å². The van der Waals surface area contributed by atoms with E-state index in [-0.39, 0.29) is 10.8 Å². The van der Waals surface area contributed by atoms with Gasteiger partial charge in [0.2, 0.25) is 15.9 Å². The Labute approximate surface area is 140 Å². The molecule has 2 aromatic rings. The average Bonchev–Trinajstić information content (AvgIpc) is 2.91. The van der Waals surface area contributed by atoms with Crippen LogP contribution in [0.2, 0.25) is 0 Å². The molecule has 0 radical (unpaired) electrons. The predicted octanol–water partition coefficient (Wildman–Crippen LogP) is 2.96. The molecule has 1 aromatic carbocycles. The fourth-order valence-electron chi connectivity index (χ4n) is 1.83. The van der Waals surface area contributed by atoms with Crippen molar-refractivity contribution in [3.63, 3.8) is 0 Å². The van der Waals surface area contributed by atoms with Crippen molar-refractivity contribution < 1.29 is 13.2 Å². The van der Waals surface area contributed by atoms with E-state index in [0.717, 1.165) is 9.18 Å². The second-order valence-electron chi connectivity index (χ2n) is 5.09. The summed E-state index contributed by atoms with van der Waals surface area (Å²) >= 11 is 1.59. The molecule has 122 valence electrons. The van der Waals surface area contributed by atoms with Crippen molar-refractivity contribution in [2.45, 2.75) is 11.8 Å². The molecule has 0 spiro atoms. The third kappa shape index (κ3) is 4.51. The molecule has 5 nitrogen and oxygen atoms in total. The van der Waals surface area contributed by atoms with Gasteiger partial charge in [0.15, 0.2) is 0 Å². The van der Waals surface area contributed by atoms with Gasteiger partial charge in [-0.15, -0.1) is 11.3 Å². The number of carbonyl (C=O) groups excluding carboxylic acids is 1. The number of hydrogen-bond acceptors (Lipinski definition) is 4. The van der Waals surface area contributed by atoms with Gasteiger partial charge in [0.25, 0.3) is 0 Å². The maximum absolute atomic E-state index is 12.1. The number of anilines is 1. The van der Waals surface area contributed by atoms with Crippen LogP contribution in [0.5, 0.6) is 0 Å². The fraction of sp³-hybridized carbons (Fsp3) is 0.188. The van der Waals surface area contributed by atoms with Crippen molar-refractivity contribution in [2.75, 3.05) is 19.4 Å². The summed E-state index contributed by atoms with van der Waals surface area (Å²) in [5, 5.41) is 2.67. The molecule has 0 fully saturated rings. The summed E-state index contributed by atoms with van der Waals surface area (Å²) in [7, 11) is -0.593. The third-order valence-corrected chi connectivity index (χ3v) is 5.82. The van der Waals surface area contributed by atoms with Gasteiger partial charge in [0.1, 0.15) is 0 Å². The van der Waals surface area contributed by atoms with Crippen LogP contribution in [0.25, 0.3) is 6.08 Å². The molecule has 0 saturated carbocycles. The number of amides is 1. The number of sulfonamides is 1. The van der Waals surface area contributed by atoms with Gasteiger partial charge < -0.3 is 5.32 Å². The Morgan fingerprint density at radius 1 is 1.22 bits per heavy atom.